The van der Waals surface area contributed by atoms with Gasteiger partial charge in [0.15, 0.2) is 0 Å². The number of rotatable bonds is 6. The molecule has 7 heteroatoms. The number of para-hydroxylation sites is 1. The van der Waals surface area contributed by atoms with E-state index in [1.807, 2.05) is 52.7 Å². The van der Waals surface area contributed by atoms with Crippen molar-refractivity contribution < 1.29 is 14.3 Å². The first-order chi connectivity index (χ1) is 14.2. The number of hydrogen-bond acceptors (Lipinski definition) is 5. The molecule has 0 unspecified atom stereocenters. The molecule has 0 bridgehead atoms. The second-order valence-electron chi connectivity index (χ2n) is 7.46. The normalized spacial score (nSPS) is 20.1. The molecule has 0 spiro atoms. The average Bonchev–Trinajstić information content (AvgIpc) is 3.46. The van der Waals surface area contributed by atoms with Crippen LogP contribution in [0, 0.1) is 0 Å². The zero-order valence-electron chi connectivity index (χ0n) is 16.5. The molecule has 2 amide bonds. The van der Waals surface area contributed by atoms with Crippen molar-refractivity contribution in [2.24, 2.45) is 0 Å². The second-order valence-corrected chi connectivity index (χ2v) is 8.41. The maximum absolute atomic E-state index is 13.1. The molecule has 1 aromatic carbocycles. The lowest BCUT2D eigenvalue weighted by Gasteiger charge is -2.37. The zero-order chi connectivity index (χ0) is 20.1. The Kier molecular flexibility index (Phi) is 6.46. The van der Waals surface area contributed by atoms with E-state index in [1.54, 1.807) is 4.90 Å². The third kappa shape index (κ3) is 4.79. The van der Waals surface area contributed by atoms with E-state index < -0.39 is 0 Å². The SMILES string of the molecule is O=C([C@@H]1CCCN1C(=O)c1cccs1)N1CCN(CCOc2ccccc2)CC1. The molecule has 2 aliphatic heterocycles. The highest BCUT2D eigenvalue weighted by Gasteiger charge is 2.37. The van der Waals surface area contributed by atoms with Gasteiger partial charge in [-0.05, 0) is 36.4 Å². The first-order valence-corrected chi connectivity index (χ1v) is 11.1. The zero-order valence-corrected chi connectivity index (χ0v) is 17.4. The smallest absolute Gasteiger partial charge is 0.264 e. The van der Waals surface area contributed by atoms with Crippen LogP contribution in [-0.4, -0.2) is 78.4 Å². The van der Waals surface area contributed by atoms with E-state index in [9.17, 15) is 9.59 Å². The molecule has 1 atom stereocenters. The number of likely N-dealkylation sites (tertiary alicyclic amines) is 1. The van der Waals surface area contributed by atoms with Crippen LogP contribution >= 0.6 is 11.3 Å². The van der Waals surface area contributed by atoms with Crippen LogP contribution in [0.4, 0.5) is 0 Å². The van der Waals surface area contributed by atoms with E-state index in [0.717, 1.165) is 38.2 Å². The Hall–Kier alpha value is -2.38. The number of nitrogens with zero attached hydrogens (tertiary/aromatic N) is 3. The average molecular weight is 414 g/mol. The predicted molar refractivity (Wildman–Crippen MR) is 113 cm³/mol. The first kappa shape index (κ1) is 19.9. The molecule has 0 N–H and O–H groups in total. The Balaban J connectivity index is 1.25. The molecule has 0 radical (unpaired) electrons. The Morgan fingerprint density at radius 3 is 2.52 bits per heavy atom. The monoisotopic (exact) mass is 413 g/mol. The van der Waals surface area contributed by atoms with Gasteiger partial charge in [-0.3, -0.25) is 14.5 Å². The molecule has 4 rings (SSSR count). The van der Waals surface area contributed by atoms with Gasteiger partial charge in [0.1, 0.15) is 18.4 Å². The van der Waals surface area contributed by atoms with Gasteiger partial charge in [0.25, 0.3) is 5.91 Å². The molecule has 0 saturated carbocycles. The van der Waals surface area contributed by atoms with Crippen molar-refractivity contribution in [2.75, 3.05) is 45.9 Å². The van der Waals surface area contributed by atoms with E-state index >= 15 is 0 Å². The summed E-state index contributed by atoms with van der Waals surface area (Å²) in [6, 6.07) is 13.2. The number of hydrogen-bond donors (Lipinski definition) is 0. The van der Waals surface area contributed by atoms with E-state index in [0.29, 0.717) is 31.1 Å². The number of ether oxygens (including phenoxy) is 1. The highest BCUT2D eigenvalue weighted by atomic mass is 32.1. The van der Waals surface area contributed by atoms with Gasteiger partial charge < -0.3 is 14.5 Å². The summed E-state index contributed by atoms with van der Waals surface area (Å²) in [5.74, 6) is 0.984. The van der Waals surface area contributed by atoms with E-state index in [-0.39, 0.29) is 17.9 Å². The quantitative estimate of drug-likeness (QED) is 0.731. The third-order valence-electron chi connectivity index (χ3n) is 5.63. The van der Waals surface area contributed by atoms with Gasteiger partial charge in [0, 0.05) is 39.3 Å². The minimum Gasteiger partial charge on any atom is -0.492 e. The van der Waals surface area contributed by atoms with Gasteiger partial charge in [0.2, 0.25) is 5.91 Å². The fraction of sp³-hybridized carbons (Fsp3) is 0.455. The Morgan fingerprint density at radius 1 is 1.00 bits per heavy atom. The number of carbonyl (C=O) groups is 2. The van der Waals surface area contributed by atoms with Gasteiger partial charge in [0.05, 0.1) is 4.88 Å². The van der Waals surface area contributed by atoms with Crippen LogP contribution in [0.2, 0.25) is 0 Å². The molecule has 6 nitrogen and oxygen atoms in total. The van der Waals surface area contributed by atoms with E-state index in [2.05, 4.69) is 4.90 Å². The third-order valence-corrected chi connectivity index (χ3v) is 6.49. The van der Waals surface area contributed by atoms with Crippen LogP contribution in [0.3, 0.4) is 0 Å². The second kappa shape index (κ2) is 9.41. The topological polar surface area (TPSA) is 53.1 Å². The highest BCUT2D eigenvalue weighted by Crippen LogP contribution is 2.24. The van der Waals surface area contributed by atoms with Gasteiger partial charge in [-0.2, -0.15) is 0 Å². The van der Waals surface area contributed by atoms with Crippen LogP contribution in [0.5, 0.6) is 5.75 Å². The van der Waals surface area contributed by atoms with Gasteiger partial charge in [-0.25, -0.2) is 0 Å². The van der Waals surface area contributed by atoms with Crippen molar-refractivity contribution in [2.45, 2.75) is 18.9 Å². The van der Waals surface area contributed by atoms with Gasteiger partial charge in [-0.15, -0.1) is 11.3 Å². The summed E-state index contributed by atoms with van der Waals surface area (Å²) >= 11 is 1.44. The largest absolute Gasteiger partial charge is 0.492 e. The molecule has 2 aromatic rings. The van der Waals surface area contributed by atoms with Crippen molar-refractivity contribution in [1.29, 1.82) is 0 Å². The fourth-order valence-electron chi connectivity index (χ4n) is 4.02. The number of piperazine rings is 1. The number of amides is 2. The molecule has 2 aliphatic rings. The molecule has 154 valence electrons. The molecule has 1 aromatic heterocycles. The number of thiophene rings is 1. The number of benzene rings is 1. The maximum atomic E-state index is 13.1. The molecule has 3 heterocycles. The molecular formula is C22H27N3O3S. The lowest BCUT2D eigenvalue weighted by molar-refractivity contribution is -0.137. The summed E-state index contributed by atoms with van der Waals surface area (Å²) < 4.78 is 5.77. The molecule has 0 aliphatic carbocycles. The van der Waals surface area contributed by atoms with Gasteiger partial charge in [-0.1, -0.05) is 24.3 Å². The molecule has 29 heavy (non-hydrogen) atoms. The summed E-state index contributed by atoms with van der Waals surface area (Å²) in [6.07, 6.45) is 1.66. The minimum absolute atomic E-state index is 0.00690. The van der Waals surface area contributed by atoms with Crippen molar-refractivity contribution in [1.82, 2.24) is 14.7 Å². The highest BCUT2D eigenvalue weighted by molar-refractivity contribution is 7.12. The van der Waals surface area contributed by atoms with Crippen LogP contribution in [0.15, 0.2) is 47.8 Å². The van der Waals surface area contributed by atoms with Crippen molar-refractivity contribution in [3.8, 4) is 5.75 Å². The maximum Gasteiger partial charge on any atom is 0.264 e. The first-order valence-electron chi connectivity index (χ1n) is 10.3. The van der Waals surface area contributed by atoms with E-state index in [4.69, 9.17) is 4.74 Å². The predicted octanol–water partition coefficient (Wildman–Crippen LogP) is 2.58. The summed E-state index contributed by atoms with van der Waals surface area (Å²) in [7, 11) is 0. The Labute approximate surface area is 175 Å². The summed E-state index contributed by atoms with van der Waals surface area (Å²) in [5, 5.41) is 1.90. The van der Waals surface area contributed by atoms with Crippen molar-refractivity contribution in [3.05, 3.63) is 52.7 Å². The summed E-state index contributed by atoms with van der Waals surface area (Å²) in [4.78, 5) is 32.6. The molecular weight excluding hydrogens is 386 g/mol. The lowest BCUT2D eigenvalue weighted by atomic mass is 10.1. The molecule has 2 fully saturated rings. The Morgan fingerprint density at radius 2 is 1.79 bits per heavy atom. The minimum atomic E-state index is -0.308. The van der Waals surface area contributed by atoms with Crippen LogP contribution in [-0.2, 0) is 4.79 Å². The fourth-order valence-corrected chi connectivity index (χ4v) is 4.70. The van der Waals surface area contributed by atoms with E-state index in [1.165, 1.54) is 11.3 Å². The van der Waals surface area contributed by atoms with Crippen molar-refractivity contribution in [3.63, 3.8) is 0 Å². The van der Waals surface area contributed by atoms with Crippen LogP contribution < -0.4 is 4.74 Å². The van der Waals surface area contributed by atoms with Gasteiger partial charge >= 0.3 is 0 Å². The molecule has 2 saturated heterocycles. The standard InChI is InChI=1S/C22H27N3O3S/c26-21(19-8-4-10-25(19)22(27)20-9-5-17-29-20)24-13-11-23(12-14-24)15-16-28-18-6-2-1-3-7-18/h1-3,5-7,9,17,19H,4,8,10-16H2/t19-/m0/s1. The van der Waals surface area contributed by atoms with Crippen LogP contribution in [0.1, 0.15) is 22.5 Å². The van der Waals surface area contributed by atoms with Crippen molar-refractivity contribution >= 4 is 23.2 Å². The lowest BCUT2D eigenvalue weighted by Crippen LogP contribution is -2.54. The number of carbonyl (C=O) groups excluding carboxylic acids is 2. The summed E-state index contributed by atoms with van der Waals surface area (Å²) in [5.41, 5.74) is 0. The summed E-state index contributed by atoms with van der Waals surface area (Å²) in [6.45, 7) is 5.27. The van der Waals surface area contributed by atoms with Crippen LogP contribution in [0.25, 0.3) is 0 Å². The Bertz CT molecular complexity index is 804.